The molecule has 1 aliphatic heterocycles. The first-order valence-electron chi connectivity index (χ1n) is 8.35. The summed E-state index contributed by atoms with van der Waals surface area (Å²) < 4.78 is 5.48. The minimum absolute atomic E-state index is 0.00401. The van der Waals surface area contributed by atoms with Gasteiger partial charge in [0.1, 0.15) is 12.5 Å². The van der Waals surface area contributed by atoms with E-state index < -0.39 is 0 Å². The van der Waals surface area contributed by atoms with Crippen molar-refractivity contribution in [3.05, 3.63) is 35.9 Å². The van der Waals surface area contributed by atoms with Gasteiger partial charge in [0.2, 0.25) is 5.91 Å². The van der Waals surface area contributed by atoms with Crippen molar-refractivity contribution in [1.29, 1.82) is 0 Å². The average Bonchev–Trinajstić information content (AvgIpc) is 2.60. The van der Waals surface area contributed by atoms with E-state index in [0.717, 1.165) is 18.4 Å². The number of hydrogen-bond donors (Lipinski definition) is 0. The van der Waals surface area contributed by atoms with Gasteiger partial charge in [-0.2, -0.15) is 0 Å². The van der Waals surface area contributed by atoms with E-state index in [1.165, 1.54) is 0 Å². The largest absolute Gasteiger partial charge is 0.445 e. The van der Waals surface area contributed by atoms with Crippen LogP contribution in [-0.2, 0) is 16.1 Å². The number of amides is 2. The number of nitrogens with zero attached hydrogens (tertiary/aromatic N) is 2. The van der Waals surface area contributed by atoms with Crippen LogP contribution in [0.15, 0.2) is 30.3 Å². The van der Waals surface area contributed by atoms with E-state index in [9.17, 15) is 9.59 Å². The maximum absolute atomic E-state index is 12.6. The van der Waals surface area contributed by atoms with E-state index in [0.29, 0.717) is 13.1 Å². The van der Waals surface area contributed by atoms with Gasteiger partial charge >= 0.3 is 6.09 Å². The first-order chi connectivity index (χ1) is 11.5. The van der Waals surface area contributed by atoms with Crippen molar-refractivity contribution in [1.82, 2.24) is 9.80 Å². The van der Waals surface area contributed by atoms with Crippen molar-refractivity contribution in [2.45, 2.75) is 45.4 Å². The Morgan fingerprint density at radius 3 is 2.67 bits per heavy atom. The second-order valence-corrected chi connectivity index (χ2v) is 6.58. The molecule has 0 unspecified atom stereocenters. The molecule has 1 heterocycles. The van der Waals surface area contributed by atoms with Crippen LogP contribution in [-0.4, -0.2) is 52.9 Å². The molecule has 2 rings (SSSR count). The zero-order valence-electron chi connectivity index (χ0n) is 14.3. The standard InChI is InChI=1S/C18H25ClN2O3/c1-14(2)21(16-9-6-10-20(12-16)17(22)11-19)18(23)24-13-15-7-4-3-5-8-15/h3-5,7-8,14,16H,6,9-13H2,1-2H3/t16-/m1/s1. The van der Waals surface area contributed by atoms with Crippen molar-refractivity contribution in [3.63, 3.8) is 0 Å². The lowest BCUT2D eigenvalue weighted by atomic mass is 10.0. The Kier molecular flexibility index (Phi) is 6.91. The smallest absolute Gasteiger partial charge is 0.410 e. The summed E-state index contributed by atoms with van der Waals surface area (Å²) in [7, 11) is 0. The van der Waals surface area contributed by atoms with Gasteiger partial charge in [-0.25, -0.2) is 4.79 Å². The van der Waals surface area contributed by atoms with Crippen molar-refractivity contribution in [2.24, 2.45) is 0 Å². The molecule has 1 aliphatic rings. The molecule has 2 amide bonds. The first-order valence-corrected chi connectivity index (χ1v) is 8.89. The Morgan fingerprint density at radius 1 is 1.33 bits per heavy atom. The number of rotatable bonds is 5. The van der Waals surface area contributed by atoms with Gasteiger partial charge in [-0.1, -0.05) is 30.3 Å². The molecule has 0 saturated carbocycles. The summed E-state index contributed by atoms with van der Waals surface area (Å²) in [6.45, 7) is 5.40. The second-order valence-electron chi connectivity index (χ2n) is 6.31. The fraction of sp³-hybridized carbons (Fsp3) is 0.556. The van der Waals surface area contributed by atoms with Gasteiger partial charge in [0.15, 0.2) is 0 Å². The molecule has 5 nitrogen and oxygen atoms in total. The van der Waals surface area contributed by atoms with Crippen LogP contribution in [0.1, 0.15) is 32.3 Å². The van der Waals surface area contributed by atoms with E-state index in [2.05, 4.69) is 0 Å². The molecule has 0 aromatic heterocycles. The molecule has 132 valence electrons. The van der Waals surface area contributed by atoms with Crippen molar-refractivity contribution >= 4 is 23.6 Å². The summed E-state index contributed by atoms with van der Waals surface area (Å²) in [5.41, 5.74) is 0.956. The Labute approximate surface area is 148 Å². The number of carbonyl (C=O) groups is 2. The number of piperidine rings is 1. The number of carbonyl (C=O) groups excluding carboxylic acids is 2. The molecule has 1 aromatic rings. The van der Waals surface area contributed by atoms with Crippen LogP contribution in [0.2, 0.25) is 0 Å². The average molecular weight is 353 g/mol. The predicted octanol–water partition coefficient (Wildman–Crippen LogP) is 3.26. The van der Waals surface area contributed by atoms with Gasteiger partial charge < -0.3 is 14.5 Å². The third-order valence-electron chi connectivity index (χ3n) is 4.23. The topological polar surface area (TPSA) is 49.9 Å². The molecule has 0 bridgehead atoms. The number of benzene rings is 1. The van der Waals surface area contributed by atoms with Gasteiger partial charge in [0.25, 0.3) is 0 Å². The zero-order valence-corrected chi connectivity index (χ0v) is 15.0. The molecular weight excluding hydrogens is 328 g/mol. The number of likely N-dealkylation sites (tertiary alicyclic amines) is 1. The summed E-state index contributed by atoms with van der Waals surface area (Å²) in [4.78, 5) is 27.9. The minimum atomic E-state index is -0.334. The van der Waals surface area contributed by atoms with Crippen LogP contribution in [0.25, 0.3) is 0 Å². The van der Waals surface area contributed by atoms with Crippen molar-refractivity contribution in [3.8, 4) is 0 Å². The van der Waals surface area contributed by atoms with Crippen LogP contribution in [0, 0.1) is 0 Å². The Balaban J connectivity index is 1.99. The first kappa shape index (κ1) is 18.6. The quantitative estimate of drug-likeness (QED) is 0.764. The molecule has 0 aliphatic carbocycles. The molecular formula is C18H25ClN2O3. The lowest BCUT2D eigenvalue weighted by Gasteiger charge is -2.40. The Morgan fingerprint density at radius 2 is 2.04 bits per heavy atom. The molecule has 0 spiro atoms. The van der Waals surface area contributed by atoms with Crippen LogP contribution >= 0.6 is 11.6 Å². The molecule has 24 heavy (non-hydrogen) atoms. The molecule has 0 N–H and O–H groups in total. The molecule has 1 saturated heterocycles. The van der Waals surface area contributed by atoms with E-state index in [4.69, 9.17) is 16.3 Å². The molecule has 1 aromatic carbocycles. The maximum Gasteiger partial charge on any atom is 0.410 e. The monoisotopic (exact) mass is 352 g/mol. The molecule has 6 heteroatoms. The number of ether oxygens (including phenoxy) is 1. The SMILES string of the molecule is CC(C)N(C(=O)OCc1ccccc1)[C@@H]1CCCN(C(=O)CCl)C1. The summed E-state index contributed by atoms with van der Waals surface area (Å²) in [5.74, 6) is -0.102. The number of hydrogen-bond acceptors (Lipinski definition) is 3. The van der Waals surface area contributed by atoms with Gasteiger partial charge in [-0.3, -0.25) is 4.79 Å². The van der Waals surface area contributed by atoms with Gasteiger partial charge in [0, 0.05) is 19.1 Å². The van der Waals surface area contributed by atoms with E-state index in [-0.39, 0.29) is 36.6 Å². The van der Waals surface area contributed by atoms with Crippen LogP contribution < -0.4 is 0 Å². The molecule has 0 radical (unpaired) electrons. The highest BCUT2D eigenvalue weighted by Gasteiger charge is 2.32. The van der Waals surface area contributed by atoms with Crippen molar-refractivity contribution in [2.75, 3.05) is 19.0 Å². The maximum atomic E-state index is 12.6. The summed E-state index contributed by atoms with van der Waals surface area (Å²) in [6.07, 6.45) is 1.40. The van der Waals surface area contributed by atoms with Gasteiger partial charge in [-0.15, -0.1) is 11.6 Å². The summed E-state index contributed by atoms with van der Waals surface area (Å²) in [5, 5.41) is 0. The van der Waals surface area contributed by atoms with Crippen LogP contribution in [0.3, 0.4) is 0 Å². The Bertz CT molecular complexity index is 550. The lowest BCUT2D eigenvalue weighted by molar-refractivity contribution is -0.130. The van der Waals surface area contributed by atoms with Gasteiger partial charge in [-0.05, 0) is 32.3 Å². The highest BCUT2D eigenvalue weighted by Crippen LogP contribution is 2.20. The minimum Gasteiger partial charge on any atom is -0.445 e. The van der Waals surface area contributed by atoms with E-state index in [1.807, 2.05) is 44.2 Å². The van der Waals surface area contributed by atoms with Crippen LogP contribution in [0.5, 0.6) is 0 Å². The summed E-state index contributed by atoms with van der Waals surface area (Å²) in [6, 6.07) is 9.58. The fourth-order valence-electron chi connectivity index (χ4n) is 3.07. The summed E-state index contributed by atoms with van der Waals surface area (Å²) >= 11 is 5.66. The highest BCUT2D eigenvalue weighted by atomic mass is 35.5. The highest BCUT2D eigenvalue weighted by molar-refractivity contribution is 6.27. The predicted molar refractivity (Wildman–Crippen MR) is 93.9 cm³/mol. The molecule has 1 fully saturated rings. The fourth-order valence-corrected chi connectivity index (χ4v) is 3.24. The lowest BCUT2D eigenvalue weighted by Crippen LogP contribution is -2.54. The number of alkyl halides is 1. The third kappa shape index (κ3) is 4.87. The second kappa shape index (κ2) is 8.92. The zero-order chi connectivity index (χ0) is 17.5. The number of halogens is 1. The van der Waals surface area contributed by atoms with Crippen molar-refractivity contribution < 1.29 is 14.3 Å². The molecule has 1 atom stereocenters. The third-order valence-corrected chi connectivity index (χ3v) is 4.46. The normalized spacial score (nSPS) is 17.7. The van der Waals surface area contributed by atoms with E-state index >= 15 is 0 Å². The Hall–Kier alpha value is -1.75. The van der Waals surface area contributed by atoms with Crippen LogP contribution in [0.4, 0.5) is 4.79 Å². The van der Waals surface area contributed by atoms with Gasteiger partial charge in [0.05, 0.1) is 6.04 Å². The van der Waals surface area contributed by atoms with E-state index in [1.54, 1.807) is 9.80 Å².